The van der Waals surface area contributed by atoms with Crippen molar-refractivity contribution in [3.8, 4) is 0 Å². The minimum absolute atomic E-state index is 0.0620. The smallest absolute Gasteiger partial charge is 0.410 e. The lowest BCUT2D eigenvalue weighted by Gasteiger charge is -2.30. The van der Waals surface area contributed by atoms with Gasteiger partial charge in [-0.1, -0.05) is 62.1 Å². The van der Waals surface area contributed by atoms with E-state index in [4.69, 9.17) is 4.74 Å². The van der Waals surface area contributed by atoms with Crippen LogP contribution in [0.4, 0.5) is 9.59 Å². The molecule has 0 aromatic heterocycles. The van der Waals surface area contributed by atoms with Gasteiger partial charge in [-0.05, 0) is 62.0 Å². The van der Waals surface area contributed by atoms with Gasteiger partial charge in [0.15, 0.2) is 0 Å². The molecule has 2 saturated carbocycles. The number of hydrogen-bond acceptors (Lipinski definition) is 5. The summed E-state index contributed by atoms with van der Waals surface area (Å²) in [5.41, 5.74) is 2.35. The van der Waals surface area contributed by atoms with Crippen molar-refractivity contribution in [1.82, 2.24) is 25.8 Å². The Labute approximate surface area is 253 Å². The first-order valence-corrected chi connectivity index (χ1v) is 16.3. The average molecular weight is 592 g/mol. The molecule has 3 aliphatic heterocycles. The predicted molar refractivity (Wildman–Crippen MR) is 161 cm³/mol. The van der Waals surface area contributed by atoms with E-state index in [0.29, 0.717) is 25.4 Å². The minimum atomic E-state index is -0.759. The van der Waals surface area contributed by atoms with Gasteiger partial charge in [0.25, 0.3) is 0 Å². The maximum absolute atomic E-state index is 14.1. The fourth-order valence-electron chi connectivity index (χ4n) is 7.09. The normalized spacial score (nSPS) is 30.6. The van der Waals surface area contributed by atoms with Crippen LogP contribution in [0.2, 0.25) is 0 Å². The maximum atomic E-state index is 14.1. The summed E-state index contributed by atoms with van der Waals surface area (Å²) in [7, 11) is 0. The van der Waals surface area contributed by atoms with Gasteiger partial charge in [-0.15, -0.1) is 0 Å². The van der Waals surface area contributed by atoms with Gasteiger partial charge in [-0.25, -0.2) is 9.59 Å². The zero-order chi connectivity index (χ0) is 29.8. The van der Waals surface area contributed by atoms with Gasteiger partial charge in [0, 0.05) is 31.6 Å². The third-order valence-corrected chi connectivity index (χ3v) is 9.71. The number of amides is 5. The molecule has 10 heteroatoms. The number of carbonyl (C=O) groups excluding carboxylic acids is 4. The van der Waals surface area contributed by atoms with Crippen LogP contribution in [0.1, 0.15) is 81.8 Å². The largest absolute Gasteiger partial charge is 0.444 e. The van der Waals surface area contributed by atoms with Gasteiger partial charge in [-0.2, -0.15) is 0 Å². The number of allylic oxidation sites excluding steroid dienone is 1. The number of hydrogen-bond donors (Lipinski definition) is 3. The summed E-state index contributed by atoms with van der Waals surface area (Å²) in [6.45, 7) is 1.17. The Kier molecular flexibility index (Phi) is 9.19. The predicted octanol–water partition coefficient (Wildman–Crippen LogP) is 3.79. The number of ether oxygens (including phenoxy) is 1. The molecule has 232 valence electrons. The lowest BCUT2D eigenvalue weighted by molar-refractivity contribution is -0.140. The summed E-state index contributed by atoms with van der Waals surface area (Å²) in [4.78, 5) is 57.1. The Morgan fingerprint density at radius 2 is 1.72 bits per heavy atom. The highest BCUT2D eigenvalue weighted by atomic mass is 16.6. The van der Waals surface area contributed by atoms with Crippen molar-refractivity contribution >= 4 is 23.9 Å². The van der Waals surface area contributed by atoms with Gasteiger partial charge in [0.05, 0.1) is 6.54 Å². The van der Waals surface area contributed by atoms with E-state index in [1.54, 1.807) is 9.80 Å². The highest BCUT2D eigenvalue weighted by molar-refractivity contribution is 5.93. The third-order valence-electron chi connectivity index (χ3n) is 9.71. The Balaban J connectivity index is 1.16. The first-order chi connectivity index (χ1) is 20.9. The highest BCUT2D eigenvalue weighted by Crippen LogP contribution is 2.33. The second kappa shape index (κ2) is 13.4. The molecular formula is C33H45N5O5. The summed E-state index contributed by atoms with van der Waals surface area (Å²) < 4.78 is 5.95. The molecule has 5 atom stereocenters. The standard InChI is InChI=1S/C33H45N5O5/c39-30-29-19-26(43-33(42)37-17-16-22-10-6-7-12-24(22)20-37)21-38(29)31(40)27(36-32(41)34-25-13-8-9-14-25)15-5-3-1-2-4-11-23-18-28(23)35-30/h4,6-7,10-12,23,25-29H,1-3,5,8-9,13-21H2,(H,35,39)(H2,34,36,41)/b11-4-/t23-,26-,27+,28-,29+/m1/s1. The summed E-state index contributed by atoms with van der Waals surface area (Å²) >= 11 is 0. The van der Waals surface area contributed by atoms with E-state index in [9.17, 15) is 19.2 Å². The van der Waals surface area contributed by atoms with Crippen LogP contribution in [0.25, 0.3) is 0 Å². The van der Waals surface area contributed by atoms with E-state index in [2.05, 4.69) is 34.2 Å². The van der Waals surface area contributed by atoms with Gasteiger partial charge < -0.3 is 30.5 Å². The summed E-state index contributed by atoms with van der Waals surface area (Å²) in [6, 6.07) is 6.44. The second-order valence-electron chi connectivity index (χ2n) is 12.9. The molecule has 0 spiro atoms. The molecule has 5 amide bonds. The molecule has 0 radical (unpaired) electrons. The zero-order valence-corrected chi connectivity index (χ0v) is 25.0. The van der Waals surface area contributed by atoms with Crippen LogP contribution >= 0.6 is 0 Å². The maximum Gasteiger partial charge on any atom is 0.410 e. The third kappa shape index (κ3) is 7.33. The zero-order valence-electron chi connectivity index (χ0n) is 25.0. The number of nitrogens with zero attached hydrogens (tertiary/aromatic N) is 2. The number of rotatable bonds is 3. The molecule has 5 aliphatic rings. The summed E-state index contributed by atoms with van der Waals surface area (Å²) in [5.74, 6) is -0.180. The summed E-state index contributed by atoms with van der Waals surface area (Å²) in [5, 5.41) is 9.11. The Morgan fingerprint density at radius 1 is 0.930 bits per heavy atom. The quantitative estimate of drug-likeness (QED) is 0.462. The molecule has 1 aromatic carbocycles. The number of urea groups is 1. The van der Waals surface area contributed by atoms with Crippen molar-refractivity contribution in [2.24, 2.45) is 5.92 Å². The van der Waals surface area contributed by atoms with E-state index in [1.807, 2.05) is 18.2 Å². The van der Waals surface area contributed by atoms with Gasteiger partial charge in [0.2, 0.25) is 11.8 Å². The van der Waals surface area contributed by atoms with Crippen molar-refractivity contribution in [3.05, 3.63) is 47.5 Å². The second-order valence-corrected chi connectivity index (χ2v) is 12.9. The van der Waals surface area contributed by atoms with Crippen LogP contribution in [0, 0.1) is 5.92 Å². The number of nitrogens with one attached hydrogen (secondary N) is 3. The SMILES string of the molecule is O=C(NC1CCCC1)N[C@H]1CCCCC/C=C\[C@@H]2C[C@H]2NC(=O)[C@@H]2C[C@@H](OC(=O)N3CCc4ccccc4C3)CN2C1=O. The van der Waals surface area contributed by atoms with Crippen molar-refractivity contribution in [2.45, 2.75) is 114 Å². The fraction of sp³-hybridized carbons (Fsp3) is 0.636. The molecule has 1 aromatic rings. The average Bonchev–Trinajstić information content (AvgIpc) is 3.33. The lowest BCUT2D eigenvalue weighted by atomic mass is 10.0. The van der Waals surface area contributed by atoms with Crippen LogP contribution in [-0.2, 0) is 27.3 Å². The first-order valence-electron chi connectivity index (χ1n) is 16.3. The van der Waals surface area contributed by atoms with Crippen LogP contribution in [-0.4, -0.2) is 77.1 Å². The molecule has 3 heterocycles. The molecule has 10 nitrogen and oxygen atoms in total. The topological polar surface area (TPSA) is 120 Å². The van der Waals surface area contributed by atoms with Crippen molar-refractivity contribution in [2.75, 3.05) is 13.1 Å². The number of benzene rings is 1. The molecule has 1 saturated heterocycles. The Morgan fingerprint density at radius 3 is 2.56 bits per heavy atom. The van der Waals surface area contributed by atoms with Gasteiger partial charge >= 0.3 is 12.1 Å². The number of fused-ring (bicyclic) bond motifs is 3. The molecule has 3 N–H and O–H groups in total. The summed E-state index contributed by atoms with van der Waals surface area (Å²) in [6.07, 6.45) is 13.6. The fourth-order valence-corrected chi connectivity index (χ4v) is 7.09. The Hall–Kier alpha value is -3.56. The van der Waals surface area contributed by atoms with Crippen molar-refractivity contribution in [1.29, 1.82) is 0 Å². The van der Waals surface area contributed by atoms with Crippen LogP contribution in [0.15, 0.2) is 36.4 Å². The van der Waals surface area contributed by atoms with E-state index < -0.39 is 24.3 Å². The van der Waals surface area contributed by atoms with Crippen LogP contribution in [0.5, 0.6) is 0 Å². The van der Waals surface area contributed by atoms with E-state index >= 15 is 0 Å². The highest BCUT2D eigenvalue weighted by Gasteiger charge is 2.46. The van der Waals surface area contributed by atoms with Gasteiger partial charge in [-0.3, -0.25) is 9.59 Å². The van der Waals surface area contributed by atoms with Crippen molar-refractivity contribution < 1.29 is 23.9 Å². The number of carbonyl (C=O) groups is 4. The molecular weight excluding hydrogens is 546 g/mol. The van der Waals surface area contributed by atoms with Crippen molar-refractivity contribution in [3.63, 3.8) is 0 Å². The molecule has 43 heavy (non-hydrogen) atoms. The molecule has 2 aliphatic carbocycles. The van der Waals surface area contributed by atoms with E-state index in [0.717, 1.165) is 69.8 Å². The molecule has 6 rings (SSSR count). The van der Waals surface area contributed by atoms with E-state index in [1.165, 1.54) is 5.56 Å². The van der Waals surface area contributed by atoms with Crippen LogP contribution < -0.4 is 16.0 Å². The van der Waals surface area contributed by atoms with E-state index in [-0.39, 0.29) is 42.9 Å². The van der Waals surface area contributed by atoms with Crippen LogP contribution in [0.3, 0.4) is 0 Å². The molecule has 3 fully saturated rings. The monoisotopic (exact) mass is 591 g/mol. The molecule has 0 bridgehead atoms. The Bertz CT molecular complexity index is 1230. The first kappa shape index (κ1) is 29.5. The lowest BCUT2D eigenvalue weighted by Crippen LogP contribution is -2.55. The van der Waals surface area contributed by atoms with Gasteiger partial charge in [0.1, 0.15) is 18.2 Å². The molecule has 0 unspecified atom stereocenters. The minimum Gasteiger partial charge on any atom is -0.444 e.